The van der Waals surface area contributed by atoms with E-state index in [2.05, 4.69) is 20.9 Å². The van der Waals surface area contributed by atoms with Crippen LogP contribution in [0.5, 0.6) is 0 Å². The van der Waals surface area contributed by atoms with E-state index >= 15 is 4.39 Å². The standard InChI is InChI=1S/C41H48FN5O10S/c1-40(2,3)56-38(51)47(39(52)57-41(4,5)6)36-30-15-11-28(19-31(30)32(42)21-44-36)46-35(37(49)50)25-10-8-9-24(17-25)22-55-23-34(48)45-27-12-16-33(26(18-27)20-43-7)58(53,54)29-13-14-29/h8-12,15-19,21,29,35,43,46H,13-14,20,22-23H2,1-7H3,(H,45,48)(H,49,50). The van der Waals surface area contributed by atoms with Crippen LogP contribution in [-0.4, -0.2) is 72.7 Å². The smallest absolute Gasteiger partial charge is 0.425 e. The summed E-state index contributed by atoms with van der Waals surface area (Å²) in [7, 11) is -1.73. The van der Waals surface area contributed by atoms with Gasteiger partial charge in [0, 0.05) is 28.7 Å². The summed E-state index contributed by atoms with van der Waals surface area (Å²) in [6.07, 6.45) is -0.0760. The normalized spacial score (nSPS) is 13.7. The molecule has 4 N–H and O–H groups in total. The first-order valence-electron chi connectivity index (χ1n) is 18.5. The monoisotopic (exact) mass is 821 g/mol. The van der Waals surface area contributed by atoms with E-state index in [1.807, 2.05) is 0 Å². The molecule has 1 aromatic heterocycles. The number of pyridine rings is 1. The van der Waals surface area contributed by atoms with Gasteiger partial charge in [0.2, 0.25) is 5.91 Å². The van der Waals surface area contributed by atoms with Crippen LogP contribution in [0.4, 0.5) is 31.2 Å². The van der Waals surface area contributed by atoms with E-state index in [9.17, 15) is 32.7 Å². The van der Waals surface area contributed by atoms with E-state index in [0.29, 0.717) is 46.7 Å². The van der Waals surface area contributed by atoms with Gasteiger partial charge in [-0.25, -0.2) is 32.2 Å². The number of aliphatic carboxylic acids is 1. The largest absolute Gasteiger partial charge is 0.479 e. The summed E-state index contributed by atoms with van der Waals surface area (Å²) in [5.41, 5.74) is 0.0565. The molecule has 1 heterocycles. The Labute approximate surface area is 336 Å². The van der Waals surface area contributed by atoms with Crippen molar-refractivity contribution in [2.24, 2.45) is 0 Å². The number of carbonyl (C=O) groups is 4. The van der Waals surface area contributed by atoms with E-state index < -0.39 is 57.0 Å². The Morgan fingerprint density at radius 2 is 1.57 bits per heavy atom. The van der Waals surface area contributed by atoms with Gasteiger partial charge < -0.3 is 35.3 Å². The number of anilines is 3. The highest BCUT2D eigenvalue weighted by Crippen LogP contribution is 2.36. The van der Waals surface area contributed by atoms with Crippen molar-refractivity contribution < 1.29 is 51.3 Å². The highest BCUT2D eigenvalue weighted by molar-refractivity contribution is 7.92. The SMILES string of the molecule is CNCc1cc(NC(=O)COCc2cccc(C(Nc3ccc4c(N(C(=O)OC(C)(C)C)C(=O)OC(C)(C)C)ncc(F)c4c3)C(=O)O)c2)ccc1S(=O)(=O)C1CC1. The van der Waals surface area contributed by atoms with Gasteiger partial charge in [0.1, 0.15) is 23.6 Å². The Balaban J connectivity index is 1.29. The van der Waals surface area contributed by atoms with E-state index in [0.717, 1.165) is 6.20 Å². The van der Waals surface area contributed by atoms with Crippen molar-refractivity contribution in [2.75, 3.05) is 29.2 Å². The summed E-state index contributed by atoms with van der Waals surface area (Å²) < 4.78 is 57.6. The molecule has 1 aliphatic carbocycles. The number of benzene rings is 3. The molecule has 15 nitrogen and oxygen atoms in total. The molecule has 5 rings (SSSR count). The fraction of sp³-hybridized carbons (Fsp3) is 0.390. The molecule has 4 aromatic rings. The number of ether oxygens (including phenoxy) is 3. The Bertz CT molecular complexity index is 2290. The van der Waals surface area contributed by atoms with Gasteiger partial charge in [0.05, 0.1) is 22.9 Å². The predicted octanol–water partition coefficient (Wildman–Crippen LogP) is 7.10. The minimum Gasteiger partial charge on any atom is -0.479 e. The molecule has 1 atom stereocenters. The average Bonchev–Trinajstić information content (AvgIpc) is 3.97. The van der Waals surface area contributed by atoms with Crippen molar-refractivity contribution in [3.8, 4) is 0 Å². The molecule has 0 radical (unpaired) electrons. The number of rotatable bonds is 14. The lowest BCUT2D eigenvalue weighted by Crippen LogP contribution is -2.44. The molecule has 1 saturated carbocycles. The number of nitrogens with zero attached hydrogens (tertiary/aromatic N) is 2. The molecule has 0 aliphatic heterocycles. The molecular formula is C41H48FN5O10S. The van der Waals surface area contributed by atoms with E-state index in [1.54, 1.807) is 78.9 Å². The van der Waals surface area contributed by atoms with Crippen molar-refractivity contribution >= 4 is 61.9 Å². The fourth-order valence-electron chi connectivity index (χ4n) is 5.92. The molecule has 3 aromatic carbocycles. The lowest BCUT2D eigenvalue weighted by Gasteiger charge is -2.28. The quantitative estimate of drug-likeness (QED) is 0.100. The van der Waals surface area contributed by atoms with Gasteiger partial charge in [-0.05, 0) is 115 Å². The zero-order chi connectivity index (χ0) is 42.6. The highest BCUT2D eigenvalue weighted by atomic mass is 32.2. The first kappa shape index (κ1) is 43.5. The molecule has 0 spiro atoms. The topological polar surface area (TPSA) is 203 Å². The first-order valence-corrected chi connectivity index (χ1v) is 20.0. The molecule has 0 bridgehead atoms. The number of hydrogen-bond acceptors (Lipinski definition) is 12. The number of amides is 3. The van der Waals surface area contributed by atoms with Crippen molar-refractivity contribution in [3.63, 3.8) is 0 Å². The van der Waals surface area contributed by atoms with Crippen LogP contribution in [0.25, 0.3) is 10.8 Å². The number of imide groups is 1. The summed E-state index contributed by atoms with van der Waals surface area (Å²) in [6, 6.07) is 14.0. The van der Waals surface area contributed by atoms with Crippen LogP contribution < -0.4 is 20.9 Å². The Hall–Kier alpha value is -5.65. The van der Waals surface area contributed by atoms with Gasteiger partial charge in [0.15, 0.2) is 21.7 Å². The van der Waals surface area contributed by atoms with Gasteiger partial charge >= 0.3 is 18.2 Å². The summed E-state index contributed by atoms with van der Waals surface area (Å²) >= 11 is 0. The van der Waals surface area contributed by atoms with Crippen molar-refractivity contribution in [1.29, 1.82) is 0 Å². The number of nitrogens with one attached hydrogen (secondary N) is 3. The van der Waals surface area contributed by atoms with Crippen LogP contribution in [0.3, 0.4) is 0 Å². The third kappa shape index (κ3) is 11.0. The van der Waals surface area contributed by atoms with Gasteiger partial charge in [0.25, 0.3) is 0 Å². The third-order valence-electron chi connectivity index (χ3n) is 8.51. The summed E-state index contributed by atoms with van der Waals surface area (Å²) in [4.78, 5) is 56.8. The number of hydrogen-bond donors (Lipinski definition) is 4. The summed E-state index contributed by atoms with van der Waals surface area (Å²) in [6.45, 7) is 9.61. The molecule has 1 unspecified atom stereocenters. The van der Waals surface area contributed by atoms with Gasteiger partial charge in [-0.3, -0.25) is 4.79 Å². The molecular weight excluding hydrogens is 774 g/mol. The Morgan fingerprint density at radius 1 is 0.914 bits per heavy atom. The molecule has 310 valence electrons. The number of carboxylic acid groups (broad SMARTS) is 1. The van der Waals surface area contributed by atoms with Crippen LogP contribution in [0, 0.1) is 5.82 Å². The maximum absolute atomic E-state index is 15.3. The van der Waals surface area contributed by atoms with Crippen LogP contribution in [0.15, 0.2) is 71.8 Å². The Kier molecular flexibility index (Phi) is 13.1. The van der Waals surface area contributed by atoms with Crippen LogP contribution >= 0.6 is 0 Å². The third-order valence-corrected chi connectivity index (χ3v) is 10.9. The number of carboxylic acids is 1. The van der Waals surface area contributed by atoms with Crippen molar-refractivity contribution in [2.45, 2.75) is 94.9 Å². The van der Waals surface area contributed by atoms with Gasteiger partial charge in [-0.2, -0.15) is 4.90 Å². The average molecular weight is 822 g/mol. The maximum atomic E-state index is 15.3. The second-order valence-electron chi connectivity index (χ2n) is 15.8. The van der Waals surface area contributed by atoms with Gasteiger partial charge in [-0.15, -0.1) is 0 Å². The second kappa shape index (κ2) is 17.5. The van der Waals surface area contributed by atoms with Crippen molar-refractivity contribution in [1.82, 2.24) is 10.3 Å². The zero-order valence-corrected chi connectivity index (χ0v) is 34.2. The van der Waals surface area contributed by atoms with Gasteiger partial charge in [-0.1, -0.05) is 24.3 Å². The maximum Gasteiger partial charge on any atom is 0.425 e. The molecule has 1 fully saturated rings. The van der Waals surface area contributed by atoms with Crippen LogP contribution in [0.1, 0.15) is 77.1 Å². The number of aromatic nitrogens is 1. The first-order chi connectivity index (χ1) is 27.2. The fourth-order valence-corrected chi connectivity index (χ4v) is 7.79. The van der Waals surface area contributed by atoms with Crippen LogP contribution in [-0.2, 0) is 46.8 Å². The lowest BCUT2D eigenvalue weighted by atomic mass is 10.0. The minimum absolute atomic E-state index is 0.0417. The zero-order valence-electron chi connectivity index (χ0n) is 33.3. The van der Waals surface area contributed by atoms with E-state index in [-0.39, 0.29) is 45.6 Å². The number of halogens is 1. The highest BCUT2D eigenvalue weighted by Gasteiger charge is 2.38. The lowest BCUT2D eigenvalue weighted by molar-refractivity contribution is -0.138. The molecule has 1 aliphatic rings. The molecule has 17 heteroatoms. The van der Waals surface area contributed by atoms with Crippen LogP contribution in [0.2, 0.25) is 0 Å². The molecule has 3 amide bonds. The number of sulfone groups is 1. The van der Waals surface area contributed by atoms with E-state index in [1.165, 1.54) is 30.3 Å². The Morgan fingerprint density at radius 3 is 2.17 bits per heavy atom. The summed E-state index contributed by atoms with van der Waals surface area (Å²) in [5.74, 6) is -2.78. The number of fused-ring (bicyclic) bond motifs is 1. The predicted molar refractivity (Wildman–Crippen MR) is 215 cm³/mol. The minimum atomic E-state index is -3.44. The van der Waals surface area contributed by atoms with Crippen molar-refractivity contribution in [3.05, 3.63) is 89.4 Å². The second-order valence-corrected chi connectivity index (χ2v) is 18.0. The summed E-state index contributed by atoms with van der Waals surface area (Å²) in [5, 5.41) is 18.4. The molecule has 0 saturated heterocycles. The molecule has 58 heavy (non-hydrogen) atoms. The number of carbonyl (C=O) groups excluding carboxylic acids is 3. The van der Waals surface area contributed by atoms with E-state index in [4.69, 9.17) is 14.2 Å².